The SMILES string of the molecule is CC(C)NCC(Cc1cccc(Br)c1)Cc1cscn1. The molecule has 0 aliphatic heterocycles. The number of thiazole rings is 1. The Bertz CT molecular complexity index is 511. The lowest BCUT2D eigenvalue weighted by atomic mass is 9.94. The van der Waals surface area contributed by atoms with Crippen LogP contribution in [0.1, 0.15) is 25.1 Å². The molecule has 4 heteroatoms. The molecule has 0 saturated heterocycles. The van der Waals surface area contributed by atoms with Crippen molar-refractivity contribution in [1.29, 1.82) is 0 Å². The minimum Gasteiger partial charge on any atom is -0.314 e. The van der Waals surface area contributed by atoms with Crippen molar-refractivity contribution in [1.82, 2.24) is 10.3 Å². The van der Waals surface area contributed by atoms with Gasteiger partial charge < -0.3 is 5.32 Å². The highest BCUT2D eigenvalue weighted by Crippen LogP contribution is 2.18. The van der Waals surface area contributed by atoms with Gasteiger partial charge in [-0.25, -0.2) is 4.98 Å². The number of nitrogens with one attached hydrogen (secondary N) is 1. The van der Waals surface area contributed by atoms with Crippen molar-refractivity contribution >= 4 is 27.3 Å². The zero-order valence-corrected chi connectivity index (χ0v) is 14.4. The summed E-state index contributed by atoms with van der Waals surface area (Å²) < 4.78 is 1.15. The number of nitrogens with zero attached hydrogens (tertiary/aromatic N) is 1. The van der Waals surface area contributed by atoms with Crippen molar-refractivity contribution in [2.75, 3.05) is 6.54 Å². The van der Waals surface area contributed by atoms with Gasteiger partial charge in [-0.2, -0.15) is 0 Å². The average molecular weight is 353 g/mol. The summed E-state index contributed by atoms with van der Waals surface area (Å²) in [6.45, 7) is 5.42. The Morgan fingerprint density at radius 2 is 2.15 bits per heavy atom. The van der Waals surface area contributed by atoms with Crippen molar-refractivity contribution in [3.63, 3.8) is 0 Å². The standard InChI is InChI=1S/C16H21BrN2S/c1-12(2)18-9-14(8-16-10-20-11-19-16)6-13-4-3-5-15(17)7-13/h3-5,7,10-12,14,18H,6,8-9H2,1-2H3. The molecule has 0 saturated carbocycles. The molecule has 1 atom stereocenters. The summed E-state index contributed by atoms with van der Waals surface area (Å²) in [5, 5.41) is 5.71. The maximum Gasteiger partial charge on any atom is 0.0794 e. The molecule has 20 heavy (non-hydrogen) atoms. The number of benzene rings is 1. The molecule has 0 aliphatic rings. The normalized spacial score (nSPS) is 12.8. The van der Waals surface area contributed by atoms with Gasteiger partial charge in [-0.3, -0.25) is 0 Å². The van der Waals surface area contributed by atoms with E-state index in [-0.39, 0.29) is 0 Å². The topological polar surface area (TPSA) is 24.9 Å². The molecule has 0 aliphatic carbocycles. The molecular weight excluding hydrogens is 332 g/mol. The van der Waals surface area contributed by atoms with Crippen LogP contribution in [0.5, 0.6) is 0 Å². The highest BCUT2D eigenvalue weighted by Gasteiger charge is 2.13. The van der Waals surface area contributed by atoms with E-state index >= 15 is 0 Å². The molecule has 0 bridgehead atoms. The number of hydrogen-bond donors (Lipinski definition) is 1. The van der Waals surface area contributed by atoms with Crippen LogP contribution in [-0.4, -0.2) is 17.6 Å². The third kappa shape index (κ3) is 5.35. The molecule has 0 radical (unpaired) electrons. The molecule has 2 rings (SSSR count). The monoisotopic (exact) mass is 352 g/mol. The molecule has 2 nitrogen and oxygen atoms in total. The van der Waals surface area contributed by atoms with Gasteiger partial charge in [0.05, 0.1) is 11.2 Å². The summed E-state index contributed by atoms with van der Waals surface area (Å²) in [4.78, 5) is 4.42. The van der Waals surface area contributed by atoms with Crippen LogP contribution in [0.25, 0.3) is 0 Å². The van der Waals surface area contributed by atoms with Gasteiger partial charge in [-0.05, 0) is 43.0 Å². The minimum atomic E-state index is 0.524. The fraction of sp³-hybridized carbons (Fsp3) is 0.438. The second kappa shape index (κ2) is 7.91. The van der Waals surface area contributed by atoms with Gasteiger partial charge in [0, 0.05) is 15.9 Å². The fourth-order valence-electron chi connectivity index (χ4n) is 2.25. The average Bonchev–Trinajstić information content (AvgIpc) is 2.89. The van der Waals surface area contributed by atoms with Gasteiger partial charge in [0.1, 0.15) is 0 Å². The Morgan fingerprint density at radius 3 is 2.80 bits per heavy atom. The number of halogens is 1. The second-order valence-electron chi connectivity index (χ2n) is 5.45. The molecule has 1 N–H and O–H groups in total. The fourth-order valence-corrected chi connectivity index (χ4v) is 3.27. The van der Waals surface area contributed by atoms with Crippen LogP contribution in [0.15, 0.2) is 39.6 Å². The summed E-state index contributed by atoms with van der Waals surface area (Å²) in [7, 11) is 0. The van der Waals surface area contributed by atoms with E-state index in [0.29, 0.717) is 12.0 Å². The van der Waals surface area contributed by atoms with Crippen LogP contribution in [-0.2, 0) is 12.8 Å². The first kappa shape index (κ1) is 15.7. The summed E-state index contributed by atoms with van der Waals surface area (Å²) in [6, 6.07) is 9.12. The molecule has 0 spiro atoms. The Balaban J connectivity index is 2.01. The maximum absolute atomic E-state index is 4.42. The lowest BCUT2D eigenvalue weighted by molar-refractivity contribution is 0.441. The molecule has 1 aromatic carbocycles. The summed E-state index contributed by atoms with van der Waals surface area (Å²) in [5.41, 5.74) is 4.51. The van der Waals surface area contributed by atoms with Crippen molar-refractivity contribution in [3.8, 4) is 0 Å². The van der Waals surface area contributed by atoms with Crippen LogP contribution in [0, 0.1) is 5.92 Å². The van der Waals surface area contributed by atoms with Crippen LogP contribution in [0.3, 0.4) is 0 Å². The van der Waals surface area contributed by atoms with Crippen molar-refractivity contribution in [3.05, 3.63) is 50.9 Å². The quantitative estimate of drug-likeness (QED) is 0.803. The second-order valence-corrected chi connectivity index (χ2v) is 7.08. The van der Waals surface area contributed by atoms with Crippen LogP contribution in [0.4, 0.5) is 0 Å². The third-order valence-corrected chi connectivity index (χ3v) is 4.34. The van der Waals surface area contributed by atoms with E-state index < -0.39 is 0 Å². The Morgan fingerprint density at radius 1 is 1.30 bits per heavy atom. The number of rotatable bonds is 7. The summed E-state index contributed by atoms with van der Waals surface area (Å²) in [6.07, 6.45) is 2.12. The van der Waals surface area contributed by atoms with E-state index in [1.54, 1.807) is 11.3 Å². The van der Waals surface area contributed by atoms with Gasteiger partial charge in [0.25, 0.3) is 0 Å². The molecule has 0 fully saturated rings. The number of hydrogen-bond acceptors (Lipinski definition) is 3. The van der Waals surface area contributed by atoms with Gasteiger partial charge in [-0.1, -0.05) is 41.9 Å². The highest BCUT2D eigenvalue weighted by atomic mass is 79.9. The number of aromatic nitrogens is 1. The molecule has 0 amide bonds. The summed E-state index contributed by atoms with van der Waals surface area (Å²) >= 11 is 5.22. The molecule has 2 aromatic rings. The van der Waals surface area contributed by atoms with Crippen LogP contribution < -0.4 is 5.32 Å². The largest absolute Gasteiger partial charge is 0.314 e. The van der Waals surface area contributed by atoms with E-state index in [9.17, 15) is 0 Å². The lowest BCUT2D eigenvalue weighted by Crippen LogP contribution is -2.31. The zero-order chi connectivity index (χ0) is 14.4. The van der Waals surface area contributed by atoms with E-state index in [4.69, 9.17) is 0 Å². The van der Waals surface area contributed by atoms with E-state index in [1.807, 2.05) is 5.51 Å². The molecule has 1 heterocycles. The molecule has 108 valence electrons. The molecule has 1 unspecified atom stereocenters. The minimum absolute atomic E-state index is 0.524. The van der Waals surface area contributed by atoms with Crippen molar-refractivity contribution in [2.24, 2.45) is 5.92 Å². The zero-order valence-electron chi connectivity index (χ0n) is 12.0. The van der Waals surface area contributed by atoms with E-state index in [2.05, 4.69) is 69.7 Å². The first-order chi connectivity index (χ1) is 9.63. The maximum atomic E-state index is 4.42. The highest BCUT2D eigenvalue weighted by molar-refractivity contribution is 9.10. The lowest BCUT2D eigenvalue weighted by Gasteiger charge is -2.19. The van der Waals surface area contributed by atoms with Gasteiger partial charge in [0.2, 0.25) is 0 Å². The Hall–Kier alpha value is -0.710. The van der Waals surface area contributed by atoms with Gasteiger partial charge >= 0.3 is 0 Å². The van der Waals surface area contributed by atoms with Crippen molar-refractivity contribution < 1.29 is 0 Å². The first-order valence-electron chi connectivity index (χ1n) is 6.98. The van der Waals surface area contributed by atoms with E-state index in [1.165, 1.54) is 11.3 Å². The first-order valence-corrected chi connectivity index (χ1v) is 8.72. The van der Waals surface area contributed by atoms with Crippen molar-refractivity contribution in [2.45, 2.75) is 32.7 Å². The van der Waals surface area contributed by atoms with Crippen LogP contribution >= 0.6 is 27.3 Å². The third-order valence-electron chi connectivity index (χ3n) is 3.21. The smallest absolute Gasteiger partial charge is 0.0794 e. The molecular formula is C16H21BrN2S. The van der Waals surface area contributed by atoms with Gasteiger partial charge in [-0.15, -0.1) is 11.3 Å². The Labute approximate surface area is 133 Å². The summed E-state index contributed by atoms with van der Waals surface area (Å²) in [5.74, 6) is 0.578. The van der Waals surface area contributed by atoms with Crippen LogP contribution in [0.2, 0.25) is 0 Å². The van der Waals surface area contributed by atoms with E-state index in [0.717, 1.165) is 23.9 Å². The predicted molar refractivity (Wildman–Crippen MR) is 90.3 cm³/mol. The van der Waals surface area contributed by atoms with Gasteiger partial charge in [0.15, 0.2) is 0 Å². The Kier molecular flexibility index (Phi) is 6.20. The molecule has 1 aromatic heterocycles. The predicted octanol–water partition coefficient (Wildman–Crippen LogP) is 4.31.